The Hall–Kier alpha value is -1.39. The van der Waals surface area contributed by atoms with E-state index in [1.165, 1.54) is 11.1 Å². The Morgan fingerprint density at radius 2 is 2.00 bits per heavy atom. The van der Waals surface area contributed by atoms with Crippen LogP contribution in [0.3, 0.4) is 0 Å². The largest absolute Gasteiger partial charge is 0.466 e. The quantitative estimate of drug-likeness (QED) is 0.784. The van der Waals surface area contributed by atoms with Crippen molar-refractivity contribution in [2.75, 3.05) is 13.7 Å². The molecule has 4 nitrogen and oxygen atoms in total. The molecule has 4 heteroatoms. The summed E-state index contributed by atoms with van der Waals surface area (Å²) in [5.74, 6) is 0.528. The normalized spacial score (nSPS) is 24.4. The number of rotatable bonds is 7. The van der Waals surface area contributed by atoms with E-state index in [2.05, 4.69) is 30.4 Å². The molecule has 23 heavy (non-hydrogen) atoms. The molecule has 2 rings (SSSR count). The van der Waals surface area contributed by atoms with Crippen molar-refractivity contribution in [2.45, 2.75) is 52.3 Å². The average Bonchev–Trinajstić information content (AvgIpc) is 2.55. The summed E-state index contributed by atoms with van der Waals surface area (Å²) < 4.78 is 10.4. The van der Waals surface area contributed by atoms with E-state index in [-0.39, 0.29) is 11.9 Å². The lowest BCUT2D eigenvalue weighted by atomic mass is 9.79. The topological polar surface area (TPSA) is 47.6 Å². The van der Waals surface area contributed by atoms with Gasteiger partial charge in [0.1, 0.15) is 0 Å². The number of hydrogen-bond acceptors (Lipinski definition) is 4. The van der Waals surface area contributed by atoms with E-state index in [0.29, 0.717) is 25.2 Å². The lowest BCUT2D eigenvalue weighted by molar-refractivity contribution is -0.149. The highest BCUT2D eigenvalue weighted by molar-refractivity contribution is 5.72. The molecule has 1 aromatic rings. The molecule has 3 unspecified atom stereocenters. The first-order valence-electron chi connectivity index (χ1n) is 8.61. The number of nitrogens with one attached hydrogen (secondary N) is 1. The third-order valence-electron chi connectivity index (χ3n) is 4.76. The van der Waals surface area contributed by atoms with Crippen LogP contribution in [0.25, 0.3) is 0 Å². The number of benzene rings is 1. The van der Waals surface area contributed by atoms with Gasteiger partial charge in [-0.2, -0.15) is 0 Å². The Bertz CT molecular complexity index is 503. The van der Waals surface area contributed by atoms with Crippen molar-refractivity contribution in [3.63, 3.8) is 0 Å². The zero-order valence-electron chi connectivity index (χ0n) is 14.5. The van der Waals surface area contributed by atoms with Gasteiger partial charge >= 0.3 is 5.97 Å². The fourth-order valence-corrected chi connectivity index (χ4v) is 3.44. The SMILES string of the molecule is CCOC(=O)C1CCC(NCc2ccccc2COC)C(C)C1. The fraction of sp³-hybridized carbons (Fsp3) is 0.632. The fourth-order valence-electron chi connectivity index (χ4n) is 3.44. The van der Waals surface area contributed by atoms with Crippen LogP contribution in [0.4, 0.5) is 0 Å². The molecule has 0 spiro atoms. The van der Waals surface area contributed by atoms with Gasteiger partial charge in [-0.25, -0.2) is 0 Å². The minimum atomic E-state index is -0.0248. The first-order chi connectivity index (χ1) is 11.2. The van der Waals surface area contributed by atoms with Crippen LogP contribution < -0.4 is 5.32 Å². The summed E-state index contributed by atoms with van der Waals surface area (Å²) in [5.41, 5.74) is 2.52. The van der Waals surface area contributed by atoms with Gasteiger partial charge in [-0.15, -0.1) is 0 Å². The van der Waals surface area contributed by atoms with Crippen LogP contribution in [0.15, 0.2) is 24.3 Å². The zero-order chi connectivity index (χ0) is 16.7. The standard InChI is InChI=1S/C19H29NO3/c1-4-23-19(21)15-9-10-18(14(2)11-15)20-12-16-7-5-6-8-17(16)13-22-3/h5-8,14-15,18,20H,4,9-13H2,1-3H3. The Morgan fingerprint density at radius 3 is 2.65 bits per heavy atom. The third kappa shape index (κ3) is 5.05. The molecule has 0 radical (unpaired) electrons. The van der Waals surface area contributed by atoms with Gasteiger partial charge in [-0.1, -0.05) is 31.2 Å². The molecule has 1 N–H and O–H groups in total. The minimum absolute atomic E-state index is 0.0248. The van der Waals surface area contributed by atoms with Crippen LogP contribution >= 0.6 is 0 Å². The molecule has 1 aromatic carbocycles. The van der Waals surface area contributed by atoms with E-state index in [1.807, 2.05) is 13.0 Å². The van der Waals surface area contributed by atoms with Gasteiger partial charge in [0.25, 0.3) is 0 Å². The number of carbonyl (C=O) groups excluding carboxylic acids is 1. The van der Waals surface area contributed by atoms with E-state index >= 15 is 0 Å². The van der Waals surface area contributed by atoms with Crippen LogP contribution in [0.5, 0.6) is 0 Å². The lowest BCUT2D eigenvalue weighted by Crippen LogP contribution is -2.41. The van der Waals surface area contributed by atoms with Gasteiger partial charge in [-0.05, 0) is 43.2 Å². The molecule has 0 bridgehead atoms. The molecule has 0 aromatic heterocycles. The molecule has 3 atom stereocenters. The highest BCUT2D eigenvalue weighted by atomic mass is 16.5. The van der Waals surface area contributed by atoms with Crippen LogP contribution in [0.2, 0.25) is 0 Å². The van der Waals surface area contributed by atoms with Crippen LogP contribution in [0.1, 0.15) is 44.2 Å². The van der Waals surface area contributed by atoms with Crippen LogP contribution in [0, 0.1) is 11.8 Å². The Labute approximate surface area is 139 Å². The maximum Gasteiger partial charge on any atom is 0.308 e. The van der Waals surface area contributed by atoms with E-state index in [0.717, 1.165) is 25.8 Å². The smallest absolute Gasteiger partial charge is 0.308 e. The van der Waals surface area contributed by atoms with Gasteiger partial charge in [0.15, 0.2) is 0 Å². The molecule has 1 saturated carbocycles. The monoisotopic (exact) mass is 319 g/mol. The number of ether oxygens (including phenoxy) is 2. The van der Waals surface area contributed by atoms with Crippen molar-refractivity contribution < 1.29 is 14.3 Å². The highest BCUT2D eigenvalue weighted by Crippen LogP contribution is 2.30. The predicted octanol–water partition coefficient (Wildman–Crippen LogP) is 3.29. The van der Waals surface area contributed by atoms with Crippen molar-refractivity contribution >= 4 is 5.97 Å². The molecule has 0 saturated heterocycles. The van der Waals surface area contributed by atoms with Crippen LogP contribution in [-0.2, 0) is 27.4 Å². The maximum absolute atomic E-state index is 11.9. The molecular formula is C19H29NO3. The summed E-state index contributed by atoms with van der Waals surface area (Å²) in [6.07, 6.45) is 2.86. The Morgan fingerprint density at radius 1 is 1.26 bits per heavy atom. The second-order valence-corrected chi connectivity index (χ2v) is 6.43. The second kappa shape index (κ2) is 9.04. The molecule has 0 heterocycles. The second-order valence-electron chi connectivity index (χ2n) is 6.43. The molecule has 1 aliphatic rings. The maximum atomic E-state index is 11.9. The van der Waals surface area contributed by atoms with E-state index in [1.54, 1.807) is 7.11 Å². The molecule has 1 aliphatic carbocycles. The molecular weight excluding hydrogens is 290 g/mol. The summed E-state index contributed by atoms with van der Waals surface area (Å²) in [5, 5.41) is 3.67. The summed E-state index contributed by atoms with van der Waals surface area (Å²) in [6, 6.07) is 8.83. The van der Waals surface area contributed by atoms with Gasteiger partial charge < -0.3 is 14.8 Å². The number of methoxy groups -OCH3 is 1. The van der Waals surface area contributed by atoms with Gasteiger partial charge in [-0.3, -0.25) is 4.79 Å². The van der Waals surface area contributed by atoms with Crippen molar-refractivity contribution in [3.8, 4) is 0 Å². The number of hydrogen-bond donors (Lipinski definition) is 1. The molecule has 128 valence electrons. The number of esters is 1. The van der Waals surface area contributed by atoms with Crippen molar-refractivity contribution in [1.82, 2.24) is 5.32 Å². The summed E-state index contributed by atoms with van der Waals surface area (Å²) in [7, 11) is 1.73. The number of carbonyl (C=O) groups is 1. The Kier molecular flexibility index (Phi) is 7.06. The lowest BCUT2D eigenvalue weighted by Gasteiger charge is -2.34. The highest BCUT2D eigenvalue weighted by Gasteiger charge is 2.31. The minimum Gasteiger partial charge on any atom is -0.466 e. The van der Waals surface area contributed by atoms with Crippen molar-refractivity contribution in [3.05, 3.63) is 35.4 Å². The first-order valence-corrected chi connectivity index (χ1v) is 8.61. The molecule has 1 fully saturated rings. The zero-order valence-corrected chi connectivity index (χ0v) is 14.5. The average molecular weight is 319 g/mol. The van der Waals surface area contributed by atoms with Gasteiger partial charge in [0, 0.05) is 19.7 Å². The van der Waals surface area contributed by atoms with Crippen LogP contribution in [-0.4, -0.2) is 25.7 Å². The van der Waals surface area contributed by atoms with Crippen molar-refractivity contribution in [1.29, 1.82) is 0 Å². The first kappa shape index (κ1) is 18.0. The molecule has 0 amide bonds. The Balaban J connectivity index is 1.87. The van der Waals surface area contributed by atoms with E-state index in [9.17, 15) is 4.79 Å². The molecule has 0 aliphatic heterocycles. The summed E-state index contributed by atoms with van der Waals surface area (Å²) >= 11 is 0. The van der Waals surface area contributed by atoms with Gasteiger partial charge in [0.05, 0.1) is 19.1 Å². The predicted molar refractivity (Wildman–Crippen MR) is 90.9 cm³/mol. The van der Waals surface area contributed by atoms with E-state index in [4.69, 9.17) is 9.47 Å². The van der Waals surface area contributed by atoms with E-state index < -0.39 is 0 Å². The summed E-state index contributed by atoms with van der Waals surface area (Å²) in [6.45, 7) is 6.05. The van der Waals surface area contributed by atoms with Gasteiger partial charge in [0.2, 0.25) is 0 Å². The van der Waals surface area contributed by atoms with Crippen molar-refractivity contribution in [2.24, 2.45) is 11.8 Å². The third-order valence-corrected chi connectivity index (χ3v) is 4.76. The summed E-state index contributed by atoms with van der Waals surface area (Å²) in [4.78, 5) is 11.9.